The van der Waals surface area contributed by atoms with Crippen molar-refractivity contribution in [2.75, 3.05) is 18.1 Å². The van der Waals surface area contributed by atoms with Crippen LogP contribution in [0.5, 0.6) is 0 Å². The number of hydrogen-bond acceptors (Lipinski definition) is 4. The predicted octanol–water partition coefficient (Wildman–Crippen LogP) is 3.03. The third-order valence-electron chi connectivity index (χ3n) is 3.17. The van der Waals surface area contributed by atoms with Gasteiger partial charge in [0, 0.05) is 18.3 Å². The van der Waals surface area contributed by atoms with Crippen LogP contribution in [0, 0.1) is 0 Å². The monoisotopic (exact) mass is 338 g/mol. The van der Waals surface area contributed by atoms with E-state index in [2.05, 4.69) is 9.88 Å². The Bertz CT molecular complexity index is 529. The minimum absolute atomic E-state index is 0.0596. The molecule has 114 valence electrons. The number of pyridine rings is 1. The van der Waals surface area contributed by atoms with E-state index in [1.165, 1.54) is 0 Å². The number of rotatable bonds is 7. The van der Waals surface area contributed by atoms with Crippen molar-refractivity contribution in [3.63, 3.8) is 0 Å². The van der Waals surface area contributed by atoms with Crippen LogP contribution in [0.3, 0.4) is 0 Å². The van der Waals surface area contributed by atoms with Crippen molar-refractivity contribution in [3.05, 3.63) is 28.0 Å². The quantitative estimate of drug-likeness (QED) is 0.717. The zero-order chi connectivity index (χ0) is 15.3. The van der Waals surface area contributed by atoms with Crippen molar-refractivity contribution < 1.29 is 8.42 Å². The molecule has 0 amide bonds. The Hall–Kier alpha value is -0.360. The van der Waals surface area contributed by atoms with Gasteiger partial charge in [-0.2, -0.15) is 0 Å². The van der Waals surface area contributed by atoms with Crippen molar-refractivity contribution in [1.29, 1.82) is 0 Å². The molecule has 0 spiro atoms. The average molecular weight is 339 g/mol. The summed E-state index contributed by atoms with van der Waals surface area (Å²) in [6.07, 6.45) is 0. The summed E-state index contributed by atoms with van der Waals surface area (Å²) in [6.45, 7) is 6.93. The van der Waals surface area contributed by atoms with Gasteiger partial charge in [0.25, 0.3) is 0 Å². The fraction of sp³-hybridized carbons (Fsp3) is 0.615. The highest BCUT2D eigenvalue weighted by Gasteiger charge is 2.19. The molecule has 1 rings (SSSR count). The van der Waals surface area contributed by atoms with Gasteiger partial charge in [-0.05, 0) is 31.2 Å². The maximum Gasteiger partial charge on any atom is 0.151 e. The van der Waals surface area contributed by atoms with Gasteiger partial charge in [-0.3, -0.25) is 4.90 Å². The van der Waals surface area contributed by atoms with E-state index in [0.717, 1.165) is 12.1 Å². The molecule has 20 heavy (non-hydrogen) atoms. The number of hydrogen-bond donors (Lipinski definition) is 0. The third-order valence-corrected chi connectivity index (χ3v) is 5.43. The minimum Gasteiger partial charge on any atom is -0.296 e. The number of nitrogens with zero attached hydrogens (tertiary/aromatic N) is 2. The highest BCUT2D eigenvalue weighted by atomic mass is 35.5. The van der Waals surface area contributed by atoms with Gasteiger partial charge in [0.1, 0.15) is 10.3 Å². The van der Waals surface area contributed by atoms with Crippen molar-refractivity contribution in [2.24, 2.45) is 0 Å². The van der Waals surface area contributed by atoms with Crippen LogP contribution in [0.2, 0.25) is 10.3 Å². The summed E-state index contributed by atoms with van der Waals surface area (Å²) in [6, 6.07) is 3.43. The second-order valence-corrected chi connectivity index (χ2v) is 7.90. The molecular weight excluding hydrogens is 319 g/mol. The Morgan fingerprint density at radius 1 is 1.25 bits per heavy atom. The van der Waals surface area contributed by atoms with Crippen LogP contribution in [-0.4, -0.2) is 42.4 Å². The maximum absolute atomic E-state index is 11.7. The topological polar surface area (TPSA) is 50.3 Å². The fourth-order valence-corrected chi connectivity index (χ4v) is 3.70. The molecule has 0 aliphatic carbocycles. The van der Waals surface area contributed by atoms with Crippen LogP contribution in [0.15, 0.2) is 12.1 Å². The van der Waals surface area contributed by atoms with Crippen molar-refractivity contribution >= 4 is 33.0 Å². The number of sulfone groups is 1. The molecule has 0 fully saturated rings. The Balaban J connectivity index is 2.81. The second-order valence-electron chi connectivity index (χ2n) is 4.73. The molecule has 0 saturated heterocycles. The van der Waals surface area contributed by atoms with Crippen LogP contribution < -0.4 is 0 Å². The second kappa shape index (κ2) is 7.59. The molecule has 0 radical (unpaired) electrons. The zero-order valence-electron chi connectivity index (χ0n) is 11.9. The molecule has 1 heterocycles. The molecule has 1 aromatic rings. The lowest BCUT2D eigenvalue weighted by Gasteiger charge is -2.27. The van der Waals surface area contributed by atoms with E-state index in [0.29, 0.717) is 16.9 Å². The third kappa shape index (κ3) is 5.56. The molecule has 0 aromatic carbocycles. The molecule has 0 unspecified atom stereocenters. The van der Waals surface area contributed by atoms with Gasteiger partial charge in [-0.1, -0.05) is 37.0 Å². The first-order valence-electron chi connectivity index (χ1n) is 6.53. The normalized spacial score (nSPS) is 13.7. The van der Waals surface area contributed by atoms with Gasteiger partial charge in [0.2, 0.25) is 0 Å². The Kier molecular flexibility index (Phi) is 6.72. The lowest BCUT2D eigenvalue weighted by molar-refractivity contribution is 0.226. The summed E-state index contributed by atoms with van der Waals surface area (Å²) in [7, 11) is -2.99. The molecule has 1 aromatic heterocycles. The molecule has 0 aliphatic heterocycles. The van der Waals surface area contributed by atoms with Gasteiger partial charge in [-0.15, -0.1) is 0 Å². The van der Waals surface area contributed by atoms with Crippen LogP contribution >= 0.6 is 23.2 Å². The highest BCUT2D eigenvalue weighted by Crippen LogP contribution is 2.17. The minimum atomic E-state index is -2.99. The van der Waals surface area contributed by atoms with E-state index in [1.54, 1.807) is 19.1 Å². The van der Waals surface area contributed by atoms with Gasteiger partial charge >= 0.3 is 0 Å². The van der Waals surface area contributed by atoms with Gasteiger partial charge < -0.3 is 0 Å². The summed E-state index contributed by atoms with van der Waals surface area (Å²) in [5.74, 6) is 0.325. The molecule has 7 heteroatoms. The van der Waals surface area contributed by atoms with Crippen LogP contribution in [0.1, 0.15) is 26.3 Å². The molecule has 0 aliphatic rings. The first kappa shape index (κ1) is 17.7. The Morgan fingerprint density at radius 2 is 1.80 bits per heavy atom. The van der Waals surface area contributed by atoms with Crippen LogP contribution in [-0.2, 0) is 16.4 Å². The van der Waals surface area contributed by atoms with Crippen molar-refractivity contribution in [3.8, 4) is 0 Å². The lowest BCUT2D eigenvalue weighted by Crippen LogP contribution is -2.37. The van der Waals surface area contributed by atoms with Crippen LogP contribution in [0.4, 0.5) is 0 Å². The van der Waals surface area contributed by atoms with Crippen LogP contribution in [0.25, 0.3) is 0 Å². The van der Waals surface area contributed by atoms with Gasteiger partial charge in [-0.25, -0.2) is 13.4 Å². The zero-order valence-corrected chi connectivity index (χ0v) is 14.3. The molecular formula is C13H20Cl2N2O2S. The lowest BCUT2D eigenvalue weighted by atomic mass is 10.2. The number of aromatic nitrogens is 1. The summed E-state index contributed by atoms with van der Waals surface area (Å²) in [4.78, 5) is 5.98. The summed E-state index contributed by atoms with van der Waals surface area (Å²) >= 11 is 11.8. The Labute approximate surface area is 131 Å². The SMILES string of the molecule is CCN(Cc1cc(Cl)nc(Cl)c1)[C@@H](C)CS(=O)(=O)CC. The van der Waals surface area contributed by atoms with Gasteiger partial charge in [0.15, 0.2) is 9.84 Å². The predicted molar refractivity (Wildman–Crippen MR) is 84.1 cm³/mol. The highest BCUT2D eigenvalue weighted by molar-refractivity contribution is 7.91. The van der Waals surface area contributed by atoms with E-state index in [-0.39, 0.29) is 17.5 Å². The van der Waals surface area contributed by atoms with Crippen molar-refractivity contribution in [2.45, 2.75) is 33.4 Å². The Morgan fingerprint density at radius 3 is 2.25 bits per heavy atom. The molecule has 1 atom stereocenters. The maximum atomic E-state index is 11.7. The molecule has 4 nitrogen and oxygen atoms in total. The smallest absolute Gasteiger partial charge is 0.151 e. The standard InChI is InChI=1S/C13H20Cl2N2O2S/c1-4-17(10(3)9-20(18,19)5-2)8-11-6-12(14)16-13(15)7-11/h6-7,10H,4-5,8-9H2,1-3H3/t10-/m0/s1. The first-order valence-corrected chi connectivity index (χ1v) is 9.11. The summed E-state index contributed by atoms with van der Waals surface area (Å²) in [5.41, 5.74) is 0.928. The van der Waals surface area contributed by atoms with E-state index >= 15 is 0 Å². The van der Waals surface area contributed by atoms with E-state index in [4.69, 9.17) is 23.2 Å². The van der Waals surface area contributed by atoms with Gasteiger partial charge in [0.05, 0.1) is 5.75 Å². The van der Waals surface area contributed by atoms with E-state index in [1.807, 2.05) is 13.8 Å². The molecule has 0 N–H and O–H groups in total. The van der Waals surface area contributed by atoms with E-state index < -0.39 is 9.84 Å². The first-order chi connectivity index (χ1) is 9.27. The summed E-state index contributed by atoms with van der Waals surface area (Å²) < 4.78 is 23.4. The number of halogens is 2. The summed E-state index contributed by atoms with van der Waals surface area (Å²) in [5, 5.41) is 0.690. The molecule has 0 bridgehead atoms. The largest absolute Gasteiger partial charge is 0.296 e. The van der Waals surface area contributed by atoms with E-state index in [9.17, 15) is 8.42 Å². The fourth-order valence-electron chi connectivity index (χ4n) is 2.01. The van der Waals surface area contributed by atoms with Crippen molar-refractivity contribution in [1.82, 2.24) is 9.88 Å². The average Bonchev–Trinajstić information content (AvgIpc) is 2.34. The molecule has 0 saturated carbocycles.